The zero-order chi connectivity index (χ0) is 15.0. The normalized spacial score (nSPS) is 19.4. The molecule has 1 N–H and O–H groups in total. The number of hydrogen-bond acceptors (Lipinski definition) is 3. The number of sulfonamides is 1. The Morgan fingerprint density at radius 1 is 1.40 bits per heavy atom. The van der Waals surface area contributed by atoms with Crippen molar-refractivity contribution in [2.45, 2.75) is 31.7 Å². The van der Waals surface area contributed by atoms with Gasteiger partial charge in [0.05, 0.1) is 4.90 Å². The van der Waals surface area contributed by atoms with E-state index in [0.29, 0.717) is 22.5 Å². The van der Waals surface area contributed by atoms with Gasteiger partial charge in [0, 0.05) is 24.1 Å². The molecule has 1 aliphatic heterocycles. The minimum absolute atomic E-state index is 0.0611. The summed E-state index contributed by atoms with van der Waals surface area (Å²) < 4.78 is 27.6. The number of benzene rings is 1. The van der Waals surface area contributed by atoms with Crippen molar-refractivity contribution in [1.82, 2.24) is 9.62 Å². The number of halogens is 1. The summed E-state index contributed by atoms with van der Waals surface area (Å²) in [6.07, 6.45) is 0.904. The van der Waals surface area contributed by atoms with Gasteiger partial charge in [-0.25, -0.2) is 8.42 Å². The molecule has 0 amide bonds. The first-order valence-electron chi connectivity index (χ1n) is 6.69. The van der Waals surface area contributed by atoms with E-state index in [0.717, 1.165) is 18.5 Å². The second-order valence-electron chi connectivity index (χ2n) is 6.05. The Kier molecular flexibility index (Phi) is 4.59. The van der Waals surface area contributed by atoms with Crippen molar-refractivity contribution in [3.05, 3.63) is 28.2 Å². The zero-order valence-electron chi connectivity index (χ0n) is 12.1. The lowest BCUT2D eigenvalue weighted by molar-refractivity contribution is 0.375. The molecule has 2 rings (SSSR count). The first-order valence-corrected chi connectivity index (χ1v) is 8.93. The number of nitrogens with one attached hydrogen (secondary N) is 1. The van der Waals surface area contributed by atoms with Crippen LogP contribution in [0.4, 0.5) is 0 Å². The van der Waals surface area contributed by atoms with Gasteiger partial charge in [-0.15, -0.1) is 0 Å². The van der Waals surface area contributed by atoms with Gasteiger partial charge in [0.1, 0.15) is 0 Å². The third-order valence-corrected chi connectivity index (χ3v) is 6.46. The van der Waals surface area contributed by atoms with Crippen molar-refractivity contribution in [3.8, 4) is 0 Å². The molecule has 1 saturated heterocycles. The van der Waals surface area contributed by atoms with E-state index in [9.17, 15) is 8.42 Å². The topological polar surface area (TPSA) is 49.4 Å². The quantitative estimate of drug-likeness (QED) is 0.897. The molecule has 1 fully saturated rings. The molecule has 0 radical (unpaired) electrons. The van der Waals surface area contributed by atoms with Crippen LogP contribution in [0.2, 0.25) is 0 Å². The Labute approximate surface area is 129 Å². The Morgan fingerprint density at radius 2 is 2.10 bits per heavy atom. The summed E-state index contributed by atoms with van der Waals surface area (Å²) in [5.41, 5.74) is 1.12. The van der Waals surface area contributed by atoms with Gasteiger partial charge in [0.15, 0.2) is 0 Å². The molecule has 0 bridgehead atoms. The van der Waals surface area contributed by atoms with E-state index >= 15 is 0 Å². The van der Waals surface area contributed by atoms with Gasteiger partial charge in [-0.1, -0.05) is 19.9 Å². The van der Waals surface area contributed by atoms with Gasteiger partial charge in [-0.2, -0.15) is 4.31 Å². The van der Waals surface area contributed by atoms with E-state index in [1.165, 1.54) is 0 Å². The number of rotatable bonds is 4. The van der Waals surface area contributed by atoms with Crippen molar-refractivity contribution >= 4 is 26.0 Å². The average Bonchev–Trinajstić information content (AvgIpc) is 2.70. The van der Waals surface area contributed by atoms with Crippen LogP contribution in [0.15, 0.2) is 27.6 Å². The summed E-state index contributed by atoms with van der Waals surface area (Å²) in [6.45, 7) is 6.11. The summed E-state index contributed by atoms with van der Waals surface area (Å²) in [5.74, 6) is 0. The Bertz CT molecular complexity index is 599. The third-order valence-electron chi connectivity index (χ3n) is 3.64. The van der Waals surface area contributed by atoms with Gasteiger partial charge in [0.2, 0.25) is 10.0 Å². The Hall–Kier alpha value is -0.430. The van der Waals surface area contributed by atoms with Crippen LogP contribution in [0.5, 0.6) is 0 Å². The Balaban J connectivity index is 2.31. The van der Waals surface area contributed by atoms with Crippen LogP contribution >= 0.6 is 15.9 Å². The second kappa shape index (κ2) is 5.75. The van der Waals surface area contributed by atoms with Crippen LogP contribution in [0, 0.1) is 5.41 Å². The summed E-state index contributed by atoms with van der Waals surface area (Å²) >= 11 is 3.39. The lowest BCUT2D eigenvalue weighted by Gasteiger charge is -2.20. The maximum atomic E-state index is 12.7. The summed E-state index contributed by atoms with van der Waals surface area (Å²) in [4.78, 5) is 0.357. The van der Waals surface area contributed by atoms with Crippen LogP contribution in [0.25, 0.3) is 0 Å². The van der Waals surface area contributed by atoms with Crippen molar-refractivity contribution in [2.75, 3.05) is 20.1 Å². The molecule has 0 unspecified atom stereocenters. The van der Waals surface area contributed by atoms with E-state index in [1.807, 2.05) is 19.2 Å². The minimum atomic E-state index is -3.41. The molecule has 1 heterocycles. The largest absolute Gasteiger partial charge is 0.316 e. The molecule has 112 valence electrons. The highest BCUT2D eigenvalue weighted by atomic mass is 79.9. The van der Waals surface area contributed by atoms with Gasteiger partial charge >= 0.3 is 0 Å². The average molecular weight is 361 g/mol. The van der Waals surface area contributed by atoms with Crippen LogP contribution < -0.4 is 5.32 Å². The first kappa shape index (κ1) is 15.9. The molecule has 0 atom stereocenters. The molecule has 1 aliphatic rings. The van der Waals surface area contributed by atoms with Crippen molar-refractivity contribution in [1.29, 1.82) is 0 Å². The highest BCUT2D eigenvalue weighted by molar-refractivity contribution is 9.10. The summed E-state index contributed by atoms with van der Waals surface area (Å²) in [7, 11) is -1.54. The standard InChI is InChI=1S/C14H21BrN2O2S/c1-14(2)6-7-17(10-14)20(18,19)13-5-4-11(9-16-3)8-12(13)15/h4-5,8,16H,6-7,9-10H2,1-3H3. The van der Waals surface area contributed by atoms with Gasteiger partial charge in [-0.3, -0.25) is 0 Å². The lowest BCUT2D eigenvalue weighted by Crippen LogP contribution is -2.30. The summed E-state index contributed by atoms with van der Waals surface area (Å²) in [6, 6.07) is 5.41. The smallest absolute Gasteiger partial charge is 0.244 e. The van der Waals surface area contributed by atoms with Gasteiger partial charge < -0.3 is 5.32 Å². The monoisotopic (exact) mass is 360 g/mol. The predicted octanol–water partition coefficient (Wildman–Crippen LogP) is 2.59. The van der Waals surface area contributed by atoms with Crippen LogP contribution in [-0.4, -0.2) is 32.9 Å². The molecule has 1 aromatic carbocycles. The van der Waals surface area contributed by atoms with Crippen molar-refractivity contribution in [3.63, 3.8) is 0 Å². The molecular formula is C14H21BrN2O2S. The van der Waals surface area contributed by atoms with Crippen LogP contribution in [0.3, 0.4) is 0 Å². The number of nitrogens with zero attached hydrogens (tertiary/aromatic N) is 1. The molecule has 0 spiro atoms. The zero-order valence-corrected chi connectivity index (χ0v) is 14.5. The summed E-state index contributed by atoms with van der Waals surface area (Å²) in [5, 5.41) is 3.05. The van der Waals surface area contributed by atoms with Crippen LogP contribution in [0.1, 0.15) is 25.8 Å². The molecule has 0 saturated carbocycles. The predicted molar refractivity (Wildman–Crippen MR) is 84.1 cm³/mol. The first-order chi connectivity index (χ1) is 9.26. The van der Waals surface area contributed by atoms with Gasteiger partial charge in [0.25, 0.3) is 0 Å². The minimum Gasteiger partial charge on any atom is -0.316 e. The van der Waals surface area contributed by atoms with Crippen molar-refractivity contribution in [2.24, 2.45) is 5.41 Å². The maximum Gasteiger partial charge on any atom is 0.244 e. The second-order valence-corrected chi connectivity index (χ2v) is 8.81. The van der Waals surface area contributed by atoms with Crippen molar-refractivity contribution < 1.29 is 8.42 Å². The van der Waals surface area contributed by atoms with Crippen LogP contribution in [-0.2, 0) is 16.6 Å². The third kappa shape index (κ3) is 3.24. The lowest BCUT2D eigenvalue weighted by atomic mass is 9.93. The molecular weight excluding hydrogens is 340 g/mol. The molecule has 4 nitrogen and oxygen atoms in total. The van der Waals surface area contributed by atoms with E-state index in [4.69, 9.17) is 0 Å². The maximum absolute atomic E-state index is 12.7. The van der Waals surface area contributed by atoms with Gasteiger partial charge in [-0.05, 0) is 52.5 Å². The highest BCUT2D eigenvalue weighted by Gasteiger charge is 2.37. The molecule has 6 heteroatoms. The molecule has 1 aromatic rings. The van der Waals surface area contributed by atoms with E-state index < -0.39 is 10.0 Å². The molecule has 0 aromatic heterocycles. The van der Waals surface area contributed by atoms with E-state index in [1.54, 1.807) is 10.4 Å². The van der Waals surface area contributed by atoms with E-state index in [-0.39, 0.29) is 5.41 Å². The fraction of sp³-hybridized carbons (Fsp3) is 0.571. The number of hydrogen-bond donors (Lipinski definition) is 1. The SMILES string of the molecule is CNCc1ccc(S(=O)(=O)N2CCC(C)(C)C2)c(Br)c1. The van der Waals surface area contributed by atoms with E-state index in [2.05, 4.69) is 35.1 Å². The fourth-order valence-corrected chi connectivity index (χ4v) is 5.19. The fourth-order valence-electron chi connectivity index (χ4n) is 2.47. The molecule has 20 heavy (non-hydrogen) atoms. The molecule has 0 aliphatic carbocycles. The Morgan fingerprint density at radius 3 is 2.60 bits per heavy atom. The highest BCUT2D eigenvalue weighted by Crippen LogP contribution is 2.34.